The van der Waals surface area contributed by atoms with Gasteiger partial charge >= 0.3 is 42.3 Å². The molecule has 0 bridgehead atoms. The zero-order valence-electron chi connectivity index (χ0n) is 36.2. The number of rotatable bonds is 17. The molecule has 0 saturated carbocycles. The highest BCUT2D eigenvalue weighted by Gasteiger charge is 2.32. The third-order valence-corrected chi connectivity index (χ3v) is 10.8. The molecule has 1 heterocycles. The van der Waals surface area contributed by atoms with E-state index in [0.29, 0.717) is 6.07 Å². The van der Waals surface area contributed by atoms with Gasteiger partial charge in [-0.3, -0.25) is 24.8 Å². The van der Waals surface area contributed by atoms with E-state index in [4.69, 9.17) is 41.5 Å². The van der Waals surface area contributed by atoms with E-state index in [1.54, 1.807) is 4.72 Å². The molecule has 2 atom stereocenters. The van der Waals surface area contributed by atoms with Crippen molar-refractivity contribution in [2.75, 3.05) is 38.5 Å². The van der Waals surface area contributed by atoms with Crippen molar-refractivity contribution in [3.63, 3.8) is 0 Å². The number of sulfonamides is 1. The number of urea groups is 1. The Balaban J connectivity index is 0.000000391. The van der Waals surface area contributed by atoms with E-state index in [1.807, 2.05) is 0 Å². The Bertz CT molecular complexity index is 2640. The molecule has 2 unspecified atom stereocenters. The number of benzene rings is 3. The molecule has 1 aromatic heterocycles. The second kappa shape index (κ2) is 25.6. The van der Waals surface area contributed by atoms with E-state index < -0.39 is 106 Å². The molecule has 0 spiro atoms. The number of nitrogens with zero attached hydrogens (tertiary/aromatic N) is 4. The summed E-state index contributed by atoms with van der Waals surface area (Å²) in [6, 6.07) is 8.13. The first-order valence-corrected chi connectivity index (χ1v) is 23.2. The maximum Gasteiger partial charge on any atom is 0.416 e. The molecule has 4 rings (SSSR count). The van der Waals surface area contributed by atoms with Crippen molar-refractivity contribution < 1.29 is 92.4 Å². The van der Waals surface area contributed by atoms with Gasteiger partial charge < -0.3 is 34.7 Å². The number of aryl methyl sites for hydroxylation is 2. The minimum absolute atomic E-state index is 0.0412. The predicted molar refractivity (Wildman–Crippen MR) is 229 cm³/mol. The molecule has 3 aromatic carbocycles. The number of amides is 2. The molecule has 4 aromatic rings. The second-order valence-electron chi connectivity index (χ2n) is 13.5. The van der Waals surface area contributed by atoms with Crippen LogP contribution in [-0.4, -0.2) is 108 Å². The van der Waals surface area contributed by atoms with Crippen molar-refractivity contribution in [1.29, 1.82) is 0 Å². The number of hydrogen-bond acceptors (Lipinski definition) is 17. The number of halogens is 7. The largest absolute Gasteiger partial charge is 0.480 e. The first-order chi connectivity index (χ1) is 31.8. The average Bonchev–Trinajstić information content (AvgIpc) is 3.23. The lowest BCUT2D eigenvalue weighted by Crippen LogP contribution is -2.35. The number of nitro benzene ring substituents is 1. The summed E-state index contributed by atoms with van der Waals surface area (Å²) in [5, 5.41) is 21.2. The highest BCUT2D eigenvalue weighted by molar-refractivity contribution is 7.90. The minimum atomic E-state index is -4.61. The number of hydrogen-bond donors (Lipinski definition) is 5. The van der Waals surface area contributed by atoms with Crippen LogP contribution >= 0.6 is 19.0 Å². The molecule has 22 nitrogen and oxygen atoms in total. The first-order valence-electron chi connectivity index (χ1n) is 19.0. The van der Waals surface area contributed by atoms with Crippen molar-refractivity contribution in [2.45, 2.75) is 56.4 Å². The monoisotopic (exact) mass is 1050 g/mol. The number of alkyl halides is 6. The van der Waals surface area contributed by atoms with Crippen LogP contribution < -0.4 is 25.2 Å². The number of methoxy groups -OCH3 is 1. The fourth-order valence-electron chi connectivity index (χ4n) is 4.85. The van der Waals surface area contributed by atoms with Crippen molar-refractivity contribution >= 4 is 64.6 Å². The summed E-state index contributed by atoms with van der Waals surface area (Å²) < 4.78 is 132. The van der Waals surface area contributed by atoms with Gasteiger partial charge in [-0.2, -0.15) is 41.3 Å². The third kappa shape index (κ3) is 21.0. The Kier molecular flexibility index (Phi) is 21.7. The Morgan fingerprint density at radius 1 is 1.00 bits per heavy atom. The van der Waals surface area contributed by atoms with Crippen LogP contribution in [0.1, 0.15) is 47.1 Å². The summed E-state index contributed by atoms with van der Waals surface area (Å²) >= 11 is 5.81. The number of aliphatic carboxylic acids is 1. The molecule has 0 radical (unpaired) electrons. The number of carbonyl (C=O) groups excluding carboxylic acids is 3. The zero-order valence-corrected chi connectivity index (χ0v) is 38.6. The molecular formula is C38H41ClF6N7O15PS. The number of carbonyl (C=O) groups is 4. The molecule has 2 amide bonds. The van der Waals surface area contributed by atoms with Gasteiger partial charge in [0.2, 0.25) is 5.95 Å². The van der Waals surface area contributed by atoms with Crippen LogP contribution in [0.4, 0.5) is 42.8 Å². The summed E-state index contributed by atoms with van der Waals surface area (Å²) in [5.41, 5.74) is 2.86. The summed E-state index contributed by atoms with van der Waals surface area (Å²) in [6.07, 6.45) is -10.8. The molecule has 69 heavy (non-hydrogen) atoms. The fraction of sp³-hybridized carbons (Fsp3) is 0.342. The van der Waals surface area contributed by atoms with Crippen LogP contribution in [0.5, 0.6) is 17.5 Å². The molecule has 31 heteroatoms. The number of nitro groups is 1. The van der Waals surface area contributed by atoms with Crippen LogP contribution in [0.25, 0.3) is 0 Å². The van der Waals surface area contributed by atoms with Crippen LogP contribution in [0.15, 0.2) is 65.6 Å². The minimum Gasteiger partial charge on any atom is -0.480 e. The first kappa shape index (κ1) is 58.4. The average molecular weight is 1050 g/mol. The molecule has 0 aliphatic carbocycles. The van der Waals surface area contributed by atoms with Crippen molar-refractivity contribution in [1.82, 2.24) is 19.7 Å². The number of aromatic nitrogens is 3. The Morgan fingerprint density at radius 2 is 1.65 bits per heavy atom. The molecule has 0 saturated heterocycles. The van der Waals surface area contributed by atoms with Gasteiger partial charge in [-0.1, -0.05) is 29.8 Å². The standard InChI is InChI=1S/C18H13ClF3NO7.C15H16F3N5O4S.C5H12NO4P/c1-2-28-16(24)9-29-17(25)12-8-11(4-5-14(12)23(26)27)30-15-6-3-10(7-13(15)19)18(20,21)22;1-9-19-12(22-14(20-9)27-2)21-13(24)23-28(25,26)11-6-4-3-5-10(11)7-8-15(16,17)18;1-11(9,10)3-2-4(6)5(7)8/h3-8H,2,9H2,1H3;3-6H,7-8H2,1-2H3,(H2,19,20,21,22,23,24);4H,2-3,6H2,1H3,(H,7,8)(H,9,10). The van der Waals surface area contributed by atoms with Gasteiger partial charge in [-0.25, -0.2) is 27.5 Å². The summed E-state index contributed by atoms with van der Waals surface area (Å²) in [7, 11) is -6.25. The summed E-state index contributed by atoms with van der Waals surface area (Å²) in [5.74, 6) is -3.55. The van der Waals surface area contributed by atoms with Gasteiger partial charge in [0.1, 0.15) is 28.9 Å². The van der Waals surface area contributed by atoms with E-state index in [-0.39, 0.29) is 59.1 Å². The van der Waals surface area contributed by atoms with Crippen molar-refractivity contribution in [3.8, 4) is 17.5 Å². The van der Waals surface area contributed by atoms with Crippen LogP contribution in [0, 0.1) is 17.0 Å². The molecule has 378 valence electrons. The molecule has 0 aliphatic rings. The van der Waals surface area contributed by atoms with Gasteiger partial charge in [0.05, 0.1) is 34.1 Å². The topological polar surface area (TPSA) is 329 Å². The molecule has 0 aliphatic heterocycles. The van der Waals surface area contributed by atoms with Gasteiger partial charge in [0, 0.05) is 31.4 Å². The van der Waals surface area contributed by atoms with Crippen molar-refractivity contribution in [2.24, 2.45) is 5.73 Å². The predicted octanol–water partition coefficient (Wildman–Crippen LogP) is 6.66. The SMILES string of the molecule is CCOC(=O)COC(=O)c1cc(Oc2ccc(C(F)(F)F)cc2Cl)ccc1[N+](=O)[O-].COc1nc(C)nc(NC(=O)NS(=O)(=O)c2ccccc2CCC(F)(F)F)n1.CP(=O)(O)CCC(N)C(=O)O. The quantitative estimate of drug-likeness (QED) is 0.0242. The number of nitrogens with one attached hydrogen (secondary N) is 2. The number of carboxylic acids is 1. The maximum absolute atomic E-state index is 12.7. The Labute approximate surface area is 392 Å². The van der Waals surface area contributed by atoms with E-state index >= 15 is 0 Å². The number of anilines is 1. The normalized spacial score (nSPS) is 12.5. The van der Waals surface area contributed by atoms with E-state index in [2.05, 4.69) is 25.0 Å². The van der Waals surface area contributed by atoms with Gasteiger partial charge in [0.25, 0.3) is 15.7 Å². The fourth-order valence-corrected chi connectivity index (χ4v) is 7.01. The lowest BCUT2D eigenvalue weighted by molar-refractivity contribution is -0.385. The number of esters is 2. The summed E-state index contributed by atoms with van der Waals surface area (Å²) in [4.78, 5) is 75.6. The zero-order chi connectivity index (χ0) is 52.5. The third-order valence-electron chi connectivity index (χ3n) is 7.97. The number of nitrogens with two attached hydrogens (primary N) is 1. The Morgan fingerprint density at radius 3 is 2.20 bits per heavy atom. The molecular weight excluding hydrogens is 1010 g/mol. The van der Waals surface area contributed by atoms with Gasteiger partial charge in [-0.05, 0) is 62.6 Å². The van der Waals surface area contributed by atoms with Crippen LogP contribution in [0.2, 0.25) is 5.02 Å². The van der Waals surface area contributed by atoms with Gasteiger partial charge in [0.15, 0.2) is 14.0 Å². The summed E-state index contributed by atoms with van der Waals surface area (Å²) in [6.45, 7) is 3.51. The van der Waals surface area contributed by atoms with E-state index in [0.717, 1.165) is 36.4 Å². The lowest BCUT2D eigenvalue weighted by atomic mass is 10.1. The highest BCUT2D eigenvalue weighted by atomic mass is 35.5. The second-order valence-corrected chi connectivity index (χ2v) is 18.2. The molecule has 6 N–H and O–H groups in total. The number of carboxylic acid groups (broad SMARTS) is 1. The lowest BCUT2D eigenvalue weighted by Gasteiger charge is -2.13. The maximum atomic E-state index is 12.7. The number of ether oxygens (including phenoxy) is 4. The smallest absolute Gasteiger partial charge is 0.416 e. The van der Waals surface area contributed by atoms with Crippen molar-refractivity contribution in [3.05, 3.63) is 98.3 Å². The van der Waals surface area contributed by atoms with E-state index in [1.165, 1.54) is 45.8 Å². The Hall–Kier alpha value is -6.68. The van der Waals surface area contributed by atoms with E-state index in [9.17, 15) is 68.6 Å². The van der Waals surface area contributed by atoms with Crippen LogP contribution in [-0.2, 0) is 46.2 Å². The molecule has 0 fully saturated rings. The van der Waals surface area contributed by atoms with Crippen LogP contribution in [0.3, 0.4) is 0 Å². The highest BCUT2D eigenvalue weighted by Crippen LogP contribution is 2.38. The van der Waals surface area contributed by atoms with Gasteiger partial charge in [-0.15, -0.1) is 0 Å².